The first-order valence-electron chi connectivity index (χ1n) is 7.46. The van der Waals surface area contributed by atoms with Crippen molar-refractivity contribution in [2.45, 2.75) is 38.6 Å². The third kappa shape index (κ3) is 3.13. The first-order valence-corrected chi connectivity index (χ1v) is 7.46. The molecule has 100 valence electrons. The third-order valence-electron chi connectivity index (χ3n) is 3.88. The van der Waals surface area contributed by atoms with Crippen molar-refractivity contribution >= 4 is 10.9 Å². The van der Waals surface area contributed by atoms with Gasteiger partial charge in [-0.3, -0.25) is 4.98 Å². The molecule has 1 aromatic carbocycles. The predicted octanol–water partition coefficient (Wildman–Crippen LogP) is 4.08. The lowest BCUT2D eigenvalue weighted by atomic mass is 10.0. The van der Waals surface area contributed by atoms with E-state index in [0.717, 1.165) is 18.0 Å². The van der Waals surface area contributed by atoms with Crippen molar-refractivity contribution in [3.63, 3.8) is 0 Å². The van der Waals surface area contributed by atoms with Crippen molar-refractivity contribution < 1.29 is 0 Å². The van der Waals surface area contributed by atoms with Crippen LogP contribution in [0.15, 0.2) is 36.4 Å². The molecule has 2 heteroatoms. The summed E-state index contributed by atoms with van der Waals surface area (Å²) in [6, 6.07) is 13.2. The number of aromatic nitrogens is 1. The fraction of sp³-hybridized carbons (Fsp3) is 0.471. The van der Waals surface area contributed by atoms with E-state index in [1.807, 2.05) is 0 Å². The number of rotatable bonds is 6. The molecule has 2 aromatic rings. The van der Waals surface area contributed by atoms with Gasteiger partial charge in [0.25, 0.3) is 0 Å². The number of para-hydroxylation sites is 1. The van der Waals surface area contributed by atoms with E-state index in [1.165, 1.54) is 36.8 Å². The fourth-order valence-corrected chi connectivity index (χ4v) is 2.59. The maximum absolute atomic E-state index is 4.85. The second kappa shape index (κ2) is 5.70. The summed E-state index contributed by atoms with van der Waals surface area (Å²) in [5, 5.41) is 4.89. The Morgan fingerprint density at radius 2 is 2.05 bits per heavy atom. The molecule has 2 nitrogen and oxygen atoms in total. The normalized spacial score (nSPS) is 16.7. The Labute approximate surface area is 115 Å². The van der Waals surface area contributed by atoms with Gasteiger partial charge >= 0.3 is 0 Å². The quantitative estimate of drug-likeness (QED) is 0.840. The van der Waals surface area contributed by atoms with Gasteiger partial charge in [-0.15, -0.1) is 0 Å². The van der Waals surface area contributed by atoms with Gasteiger partial charge in [-0.1, -0.05) is 44.0 Å². The molecule has 0 bridgehead atoms. The van der Waals surface area contributed by atoms with E-state index in [0.29, 0.717) is 6.04 Å². The molecule has 3 rings (SSSR count). The first-order chi connectivity index (χ1) is 9.36. The summed E-state index contributed by atoms with van der Waals surface area (Å²) in [6.45, 7) is 3.29. The smallest absolute Gasteiger partial charge is 0.0706 e. The van der Waals surface area contributed by atoms with Gasteiger partial charge in [-0.05, 0) is 37.4 Å². The molecule has 1 aliphatic rings. The average Bonchev–Trinajstić information content (AvgIpc) is 3.27. The third-order valence-corrected chi connectivity index (χ3v) is 3.88. The Kier molecular flexibility index (Phi) is 3.79. The highest BCUT2D eigenvalue weighted by Crippen LogP contribution is 2.37. The lowest BCUT2D eigenvalue weighted by molar-refractivity contribution is 0.465. The van der Waals surface area contributed by atoms with Gasteiger partial charge in [0.2, 0.25) is 0 Å². The summed E-state index contributed by atoms with van der Waals surface area (Å²) >= 11 is 0. The van der Waals surface area contributed by atoms with Gasteiger partial charge in [0.1, 0.15) is 0 Å². The molecule has 0 radical (unpaired) electrons. The molecule has 1 aliphatic carbocycles. The molecule has 1 saturated carbocycles. The molecular formula is C17H22N2. The van der Waals surface area contributed by atoms with E-state index in [9.17, 15) is 0 Å². The first kappa shape index (κ1) is 12.6. The van der Waals surface area contributed by atoms with Crippen molar-refractivity contribution in [1.29, 1.82) is 0 Å². The van der Waals surface area contributed by atoms with Crippen LogP contribution in [0.5, 0.6) is 0 Å². The molecule has 0 saturated heterocycles. The number of hydrogen-bond donors (Lipinski definition) is 1. The van der Waals surface area contributed by atoms with Crippen LogP contribution in [0.4, 0.5) is 0 Å². The van der Waals surface area contributed by atoms with E-state index < -0.39 is 0 Å². The van der Waals surface area contributed by atoms with Crippen molar-refractivity contribution in [2.75, 3.05) is 6.54 Å². The maximum Gasteiger partial charge on any atom is 0.0706 e. The molecule has 0 amide bonds. The van der Waals surface area contributed by atoms with Gasteiger partial charge in [-0.25, -0.2) is 0 Å². The van der Waals surface area contributed by atoms with Crippen LogP contribution in [0.1, 0.15) is 44.3 Å². The zero-order chi connectivity index (χ0) is 13.1. The summed E-state index contributed by atoms with van der Waals surface area (Å²) in [5.41, 5.74) is 2.32. The van der Waals surface area contributed by atoms with Crippen molar-refractivity contribution in [3.05, 3.63) is 42.1 Å². The lowest BCUT2D eigenvalue weighted by Crippen LogP contribution is -2.23. The highest BCUT2D eigenvalue weighted by atomic mass is 14.9. The lowest BCUT2D eigenvalue weighted by Gasteiger charge is -2.18. The predicted molar refractivity (Wildman–Crippen MR) is 80.1 cm³/mol. The monoisotopic (exact) mass is 254 g/mol. The van der Waals surface area contributed by atoms with Gasteiger partial charge in [-0.2, -0.15) is 0 Å². The second-order valence-corrected chi connectivity index (χ2v) is 5.61. The van der Waals surface area contributed by atoms with E-state index in [-0.39, 0.29) is 0 Å². The SMILES string of the molecule is CCCNC(CC1CC1)c1ccc2ccccc2n1. The van der Waals surface area contributed by atoms with Crippen LogP contribution >= 0.6 is 0 Å². The summed E-state index contributed by atoms with van der Waals surface area (Å²) < 4.78 is 0. The summed E-state index contributed by atoms with van der Waals surface area (Å²) in [6.07, 6.45) is 5.22. The topological polar surface area (TPSA) is 24.9 Å². The van der Waals surface area contributed by atoms with Gasteiger partial charge in [0, 0.05) is 11.4 Å². The highest BCUT2D eigenvalue weighted by Gasteiger charge is 2.26. The molecule has 1 N–H and O–H groups in total. The van der Waals surface area contributed by atoms with Crippen LogP contribution < -0.4 is 5.32 Å². The zero-order valence-electron chi connectivity index (χ0n) is 11.6. The number of fused-ring (bicyclic) bond motifs is 1. The van der Waals surface area contributed by atoms with E-state index in [4.69, 9.17) is 4.98 Å². The molecule has 0 spiro atoms. The minimum absolute atomic E-state index is 0.428. The Morgan fingerprint density at radius 1 is 1.21 bits per heavy atom. The molecule has 1 heterocycles. The fourth-order valence-electron chi connectivity index (χ4n) is 2.59. The Hall–Kier alpha value is -1.41. The summed E-state index contributed by atoms with van der Waals surface area (Å²) in [4.78, 5) is 4.85. The van der Waals surface area contributed by atoms with Crippen molar-refractivity contribution in [2.24, 2.45) is 5.92 Å². The average molecular weight is 254 g/mol. The van der Waals surface area contributed by atoms with Gasteiger partial charge in [0.05, 0.1) is 11.2 Å². The van der Waals surface area contributed by atoms with Crippen LogP contribution in [0.2, 0.25) is 0 Å². The van der Waals surface area contributed by atoms with Gasteiger partial charge in [0.15, 0.2) is 0 Å². The number of hydrogen-bond acceptors (Lipinski definition) is 2. The number of pyridine rings is 1. The molecule has 1 unspecified atom stereocenters. The summed E-state index contributed by atoms with van der Waals surface area (Å²) in [7, 11) is 0. The molecule has 1 atom stereocenters. The van der Waals surface area contributed by atoms with E-state index >= 15 is 0 Å². The summed E-state index contributed by atoms with van der Waals surface area (Å²) in [5.74, 6) is 0.919. The Balaban J connectivity index is 1.84. The minimum Gasteiger partial charge on any atom is -0.309 e. The molecule has 0 aliphatic heterocycles. The van der Waals surface area contributed by atoms with Crippen molar-refractivity contribution in [1.82, 2.24) is 10.3 Å². The van der Waals surface area contributed by atoms with Crippen LogP contribution in [-0.4, -0.2) is 11.5 Å². The Bertz CT molecular complexity index is 546. The number of nitrogens with one attached hydrogen (secondary N) is 1. The number of benzene rings is 1. The maximum atomic E-state index is 4.85. The molecule has 19 heavy (non-hydrogen) atoms. The Morgan fingerprint density at radius 3 is 2.84 bits per heavy atom. The second-order valence-electron chi connectivity index (χ2n) is 5.61. The molecule has 1 fully saturated rings. The van der Waals surface area contributed by atoms with Crippen LogP contribution in [0.3, 0.4) is 0 Å². The standard InChI is InChI=1S/C17H22N2/c1-2-11-18-17(12-13-7-8-13)16-10-9-14-5-3-4-6-15(14)19-16/h3-6,9-10,13,17-18H,2,7-8,11-12H2,1H3. The van der Waals surface area contributed by atoms with Crippen molar-refractivity contribution in [3.8, 4) is 0 Å². The highest BCUT2D eigenvalue weighted by molar-refractivity contribution is 5.78. The van der Waals surface area contributed by atoms with Crippen LogP contribution in [0.25, 0.3) is 10.9 Å². The zero-order valence-corrected chi connectivity index (χ0v) is 11.6. The van der Waals surface area contributed by atoms with Crippen LogP contribution in [-0.2, 0) is 0 Å². The van der Waals surface area contributed by atoms with E-state index in [2.05, 4.69) is 48.6 Å². The van der Waals surface area contributed by atoms with Crippen LogP contribution in [0, 0.1) is 5.92 Å². The minimum atomic E-state index is 0.428. The molecule has 1 aromatic heterocycles. The van der Waals surface area contributed by atoms with E-state index in [1.54, 1.807) is 0 Å². The largest absolute Gasteiger partial charge is 0.309 e. The molecular weight excluding hydrogens is 232 g/mol. The number of nitrogens with zero attached hydrogens (tertiary/aromatic N) is 1. The van der Waals surface area contributed by atoms with Gasteiger partial charge < -0.3 is 5.32 Å².